The lowest BCUT2D eigenvalue weighted by atomic mass is 9.65. The number of rotatable bonds is 15. The van der Waals surface area contributed by atoms with Gasteiger partial charge in [0.05, 0.1) is 96.3 Å². The highest BCUT2D eigenvalue weighted by Gasteiger charge is 2.58. The molecule has 22 nitrogen and oxygen atoms in total. The van der Waals surface area contributed by atoms with Gasteiger partial charge in [-0.05, 0) is 121 Å². The van der Waals surface area contributed by atoms with Gasteiger partial charge in [0.25, 0.3) is 11.4 Å². The molecular formula is C72H63Cl3FN9O13. The van der Waals surface area contributed by atoms with Crippen LogP contribution in [0.15, 0.2) is 164 Å². The third kappa shape index (κ3) is 13.1. The number of fused-ring (bicyclic) bond motifs is 6. The van der Waals surface area contributed by atoms with Crippen molar-refractivity contribution in [2.24, 2.45) is 0 Å². The smallest absolute Gasteiger partial charge is 0.273 e. The van der Waals surface area contributed by atoms with Crippen molar-refractivity contribution < 1.29 is 57.4 Å². The average Bonchev–Trinajstić information content (AvgIpc) is 1.57. The fourth-order valence-electron chi connectivity index (χ4n) is 13.3. The van der Waals surface area contributed by atoms with Gasteiger partial charge in [-0.1, -0.05) is 90.5 Å². The van der Waals surface area contributed by atoms with Crippen molar-refractivity contribution in [2.75, 3.05) is 41.8 Å². The fraction of sp³-hybridized carbons (Fsp3) is 0.250. The van der Waals surface area contributed by atoms with E-state index in [2.05, 4.69) is 15.0 Å². The van der Waals surface area contributed by atoms with Crippen molar-refractivity contribution in [3.63, 3.8) is 0 Å². The minimum absolute atomic E-state index is 0.0577. The zero-order valence-electron chi connectivity index (χ0n) is 53.1. The molecule has 3 amide bonds. The topological polar surface area (TPSA) is 278 Å². The molecule has 6 aromatic carbocycles. The highest BCUT2D eigenvalue weighted by Crippen LogP contribution is 2.61. The number of nitro groups is 2. The molecule has 0 bridgehead atoms. The van der Waals surface area contributed by atoms with E-state index in [1.54, 1.807) is 61.6 Å². The number of nitro benzene ring substituents is 2. The fourth-order valence-corrected chi connectivity index (χ4v) is 13.8. The Labute approximate surface area is 576 Å². The Hall–Kier alpha value is -10.6. The maximum atomic E-state index is 13.7. The molecule has 0 atom stereocenters. The number of nitrogens with zero attached hydrogens (tertiary/aromatic N) is 8. The molecular weight excluding hydrogens is 1320 g/mol. The van der Waals surface area contributed by atoms with E-state index in [-0.39, 0.29) is 56.7 Å². The summed E-state index contributed by atoms with van der Waals surface area (Å²) < 4.78 is 39.9. The Morgan fingerprint density at radius 3 is 1.16 bits per heavy atom. The molecule has 502 valence electrons. The van der Waals surface area contributed by atoms with Crippen LogP contribution in [0, 0.1) is 26.0 Å². The van der Waals surface area contributed by atoms with Crippen LogP contribution >= 0.6 is 34.8 Å². The van der Waals surface area contributed by atoms with Gasteiger partial charge in [-0.2, -0.15) is 0 Å². The Bertz CT molecular complexity index is 4560. The van der Waals surface area contributed by atoms with Crippen molar-refractivity contribution in [2.45, 2.75) is 93.7 Å². The summed E-state index contributed by atoms with van der Waals surface area (Å²) in [6.45, 7) is 1.04. The van der Waals surface area contributed by atoms with Crippen LogP contribution in [0.4, 0.5) is 38.5 Å². The maximum absolute atomic E-state index is 13.7. The lowest BCUT2D eigenvalue weighted by molar-refractivity contribution is -0.385. The number of pyridine rings is 3. The first-order chi connectivity index (χ1) is 47.2. The minimum Gasteiger partial charge on any atom is -0.505 e. The van der Waals surface area contributed by atoms with Crippen LogP contribution in [0.25, 0.3) is 0 Å². The van der Waals surface area contributed by atoms with Gasteiger partial charge in [-0.25, -0.2) is 19.3 Å². The molecule has 6 aliphatic rings. The van der Waals surface area contributed by atoms with Gasteiger partial charge in [-0.3, -0.25) is 34.6 Å². The van der Waals surface area contributed by atoms with E-state index in [4.69, 9.17) is 64.2 Å². The number of benzene rings is 6. The predicted octanol–water partition coefficient (Wildman–Crippen LogP) is 15.7. The number of aromatic hydroxyl groups is 1. The highest BCUT2D eigenvalue weighted by molar-refractivity contribution is 6.30. The number of nitrogen functional groups attached to an aromatic ring is 1. The highest BCUT2D eigenvalue weighted by atomic mass is 35.5. The van der Waals surface area contributed by atoms with E-state index in [9.17, 15) is 44.1 Å². The summed E-state index contributed by atoms with van der Waals surface area (Å²) >= 11 is 17.3. The van der Waals surface area contributed by atoms with E-state index < -0.39 is 26.1 Å². The largest absolute Gasteiger partial charge is 0.505 e. The molecule has 0 unspecified atom stereocenters. The summed E-state index contributed by atoms with van der Waals surface area (Å²) in [5, 5.41) is 34.1. The van der Waals surface area contributed by atoms with Gasteiger partial charge in [0.15, 0.2) is 11.5 Å². The van der Waals surface area contributed by atoms with Crippen molar-refractivity contribution >= 4 is 86.6 Å². The third-order valence-electron chi connectivity index (χ3n) is 18.6. The van der Waals surface area contributed by atoms with Crippen molar-refractivity contribution in [1.29, 1.82) is 0 Å². The number of phenolic OH excluding ortho intramolecular Hbond substituents is 1. The second-order valence-corrected chi connectivity index (χ2v) is 25.4. The van der Waals surface area contributed by atoms with Crippen LogP contribution in [0.1, 0.15) is 91.2 Å². The van der Waals surface area contributed by atoms with Crippen molar-refractivity contribution in [3.05, 3.63) is 239 Å². The number of amides is 3. The molecule has 98 heavy (non-hydrogen) atoms. The molecule has 15 rings (SSSR count). The number of methoxy groups -OCH3 is 3. The minimum atomic E-state index is -0.748. The second kappa shape index (κ2) is 27.8. The van der Waals surface area contributed by atoms with E-state index in [0.717, 1.165) is 89.4 Å². The first-order valence-corrected chi connectivity index (χ1v) is 32.3. The first-order valence-electron chi connectivity index (χ1n) is 31.2. The number of carbonyl (C=O) groups excluding carboxylic acids is 3. The first kappa shape index (κ1) is 67.4. The lowest BCUT2D eigenvalue weighted by Gasteiger charge is -2.37. The molecule has 3 spiro atoms. The summed E-state index contributed by atoms with van der Waals surface area (Å²) in [6, 6.07) is 40.6. The molecule has 3 saturated carbocycles. The van der Waals surface area contributed by atoms with E-state index in [1.165, 1.54) is 42.7 Å². The van der Waals surface area contributed by atoms with Gasteiger partial charge in [0, 0.05) is 71.8 Å². The number of halogens is 4. The van der Waals surface area contributed by atoms with Crippen LogP contribution in [-0.2, 0) is 50.3 Å². The number of nitrogens with two attached hydrogens (primary N) is 1. The number of non-ortho nitro benzene ring substituents is 2. The summed E-state index contributed by atoms with van der Waals surface area (Å²) in [5.41, 5.74) is 11.2. The third-order valence-corrected chi connectivity index (χ3v) is 19.3. The van der Waals surface area contributed by atoms with Crippen molar-refractivity contribution in [1.82, 2.24) is 15.0 Å². The Morgan fingerprint density at radius 2 is 0.827 bits per heavy atom. The van der Waals surface area contributed by atoms with Gasteiger partial charge < -0.3 is 49.2 Å². The molecule has 3 aromatic heterocycles. The SMILES string of the molecule is COc1ccc(CN2C(=O)C3(CCC3)c3cc(N)cc(Oc4ccnc(Cl)c4)c32)cc1.COc1ccc(CN2C(=O)C3(CCC3)c3cc([N+](=O)[O-])cc(O)c32)cc1.COc1ccc(CN2C(=O)C3(CCC3)c3cc([N+](=O)[O-])cc(Oc4ccnc(Cl)c4)c32)cc1.Fc1ccnc(Cl)c1. The number of phenols is 1. The zero-order chi connectivity index (χ0) is 69.2. The summed E-state index contributed by atoms with van der Waals surface area (Å²) in [7, 11) is 4.81. The molecule has 3 N–H and O–H groups in total. The predicted molar refractivity (Wildman–Crippen MR) is 366 cm³/mol. The van der Waals surface area contributed by atoms with E-state index in [0.29, 0.717) is 95.9 Å². The van der Waals surface area contributed by atoms with Crippen LogP contribution in [0.5, 0.6) is 46.0 Å². The Kier molecular flexibility index (Phi) is 19.1. The number of aromatic nitrogens is 3. The Morgan fingerprint density at radius 1 is 0.480 bits per heavy atom. The molecule has 0 radical (unpaired) electrons. The number of anilines is 4. The molecule has 6 heterocycles. The van der Waals surface area contributed by atoms with Gasteiger partial charge in [-0.15, -0.1) is 0 Å². The molecule has 3 aliphatic heterocycles. The molecule has 26 heteroatoms. The maximum Gasteiger partial charge on any atom is 0.273 e. The van der Waals surface area contributed by atoms with E-state index >= 15 is 0 Å². The van der Waals surface area contributed by atoms with Gasteiger partial charge >= 0.3 is 0 Å². The van der Waals surface area contributed by atoms with Crippen molar-refractivity contribution in [3.8, 4) is 46.0 Å². The molecule has 3 aliphatic carbocycles. The number of hydrogen-bond donors (Lipinski definition) is 2. The van der Waals surface area contributed by atoms with Crippen LogP contribution in [0.3, 0.4) is 0 Å². The quantitative estimate of drug-likeness (QED) is 0.0417. The summed E-state index contributed by atoms with van der Waals surface area (Å²) in [6.07, 6.45) is 11.4. The number of hydrogen-bond acceptors (Lipinski definition) is 17. The van der Waals surface area contributed by atoms with Gasteiger partial charge in [0.2, 0.25) is 17.7 Å². The van der Waals surface area contributed by atoms with Crippen LogP contribution in [0.2, 0.25) is 15.5 Å². The van der Waals surface area contributed by atoms with E-state index in [1.807, 2.05) is 83.8 Å². The number of ether oxygens (including phenoxy) is 5. The van der Waals surface area contributed by atoms with Gasteiger partial charge in [0.1, 0.15) is 55.8 Å². The molecule has 9 aromatic rings. The lowest BCUT2D eigenvalue weighted by Crippen LogP contribution is -2.44. The number of carbonyl (C=O) groups is 3. The zero-order valence-corrected chi connectivity index (χ0v) is 55.4. The van der Waals surface area contributed by atoms with Crippen LogP contribution in [-0.4, -0.2) is 69.0 Å². The molecule has 0 saturated heterocycles. The summed E-state index contributed by atoms with van der Waals surface area (Å²) in [5.74, 6) is 3.30. The Balaban J connectivity index is 0.000000133. The monoisotopic (exact) mass is 1390 g/mol. The summed E-state index contributed by atoms with van der Waals surface area (Å²) in [4.78, 5) is 78.9. The standard InChI is InChI=1S/C24H20ClN3O5.C24H22ClN3O3.C19H18N2O5.C5H3ClFN/c1-32-17-5-3-15(4-6-17)14-27-22-19(24(23(27)29)8-2-9-24)11-16(28(30)31)12-20(22)33-18-7-10-26-21(25)13-18;1-30-17-5-3-15(4-6-17)14-28-22-19(24(23(28)29)8-2-9-24)11-16(26)12-20(22)31-18-7-10-27-21(25)13-18;1-26-14-5-3-12(4-6-14)11-20-17-15(19(18(20)23)7-2-8-19)9-13(21(24)25)10-16(17)22;6-5-3-4(7)1-2-8-5/h3-7,10-13H,2,8-9,14H2,1H3;3-7,10-13H,2,8-9,14,26H2,1H3;3-6,9-10,22H,2,7-8,11H2,1H3;1-3H. The van der Waals surface area contributed by atoms with Crippen LogP contribution < -0.4 is 44.1 Å². The molecule has 3 fully saturated rings. The normalized spacial score (nSPS) is 15.7. The second-order valence-electron chi connectivity index (χ2n) is 24.3. The average molecular weight is 1390 g/mol.